The number of furan rings is 1. The highest BCUT2D eigenvalue weighted by molar-refractivity contribution is 6.04. The third-order valence-corrected chi connectivity index (χ3v) is 3.19. The van der Waals surface area contributed by atoms with E-state index in [0.717, 1.165) is 5.56 Å². The number of hydrogen-bond donors (Lipinski definition) is 1. The summed E-state index contributed by atoms with van der Waals surface area (Å²) in [4.78, 5) is 12.0. The number of rotatable bonds is 5. The summed E-state index contributed by atoms with van der Waals surface area (Å²) in [6, 6.07) is 14.8. The van der Waals surface area contributed by atoms with E-state index in [4.69, 9.17) is 9.15 Å². The third kappa shape index (κ3) is 3.97. The fourth-order valence-corrected chi connectivity index (χ4v) is 2.01. The lowest BCUT2D eigenvalue weighted by Gasteiger charge is -2.09. The van der Waals surface area contributed by atoms with Crippen LogP contribution in [0.15, 0.2) is 71.5 Å². The number of amides is 1. The highest BCUT2D eigenvalue weighted by Gasteiger charge is 2.07. The summed E-state index contributed by atoms with van der Waals surface area (Å²) in [7, 11) is 0. The van der Waals surface area contributed by atoms with Crippen LogP contribution in [-0.2, 0) is 6.61 Å². The minimum atomic E-state index is -0.280. The Bertz CT molecular complexity index is 782. The first kappa shape index (κ1) is 14.8. The van der Waals surface area contributed by atoms with Gasteiger partial charge in [0.05, 0.1) is 11.8 Å². The molecule has 0 fully saturated rings. The molecule has 0 bridgehead atoms. The van der Waals surface area contributed by atoms with Gasteiger partial charge in [0, 0.05) is 11.8 Å². The number of ether oxygens (including phenoxy) is 1. The molecular formula is C18H14FNO3. The van der Waals surface area contributed by atoms with Gasteiger partial charge in [-0.25, -0.2) is 4.39 Å². The van der Waals surface area contributed by atoms with E-state index in [9.17, 15) is 9.18 Å². The van der Waals surface area contributed by atoms with Crippen molar-refractivity contribution in [3.05, 3.63) is 84.1 Å². The first-order chi connectivity index (χ1) is 11.2. The van der Waals surface area contributed by atoms with Gasteiger partial charge in [0.2, 0.25) is 0 Å². The second-order valence-corrected chi connectivity index (χ2v) is 4.91. The number of nitrogens with one attached hydrogen (secondary N) is 1. The lowest BCUT2D eigenvalue weighted by atomic mass is 10.2. The zero-order valence-corrected chi connectivity index (χ0v) is 12.2. The molecule has 0 spiro atoms. The summed E-state index contributed by atoms with van der Waals surface area (Å²) in [6.45, 7) is 0.319. The molecule has 0 aliphatic rings. The van der Waals surface area contributed by atoms with Crippen molar-refractivity contribution < 1.29 is 18.3 Å². The van der Waals surface area contributed by atoms with Crippen LogP contribution in [0.1, 0.15) is 15.9 Å². The van der Waals surface area contributed by atoms with Gasteiger partial charge in [-0.1, -0.05) is 18.2 Å². The second-order valence-electron chi connectivity index (χ2n) is 4.91. The van der Waals surface area contributed by atoms with Crippen molar-refractivity contribution in [1.82, 2.24) is 0 Å². The lowest BCUT2D eigenvalue weighted by Crippen LogP contribution is -2.10. The van der Waals surface area contributed by atoms with Gasteiger partial charge >= 0.3 is 0 Å². The number of hydrogen-bond acceptors (Lipinski definition) is 3. The molecule has 2 aromatic carbocycles. The van der Waals surface area contributed by atoms with Crippen molar-refractivity contribution in [3.63, 3.8) is 0 Å². The van der Waals surface area contributed by atoms with E-state index in [1.807, 2.05) is 0 Å². The van der Waals surface area contributed by atoms with Gasteiger partial charge in [-0.2, -0.15) is 0 Å². The Morgan fingerprint density at radius 3 is 2.70 bits per heavy atom. The Morgan fingerprint density at radius 1 is 1.13 bits per heavy atom. The molecule has 0 unspecified atom stereocenters. The summed E-state index contributed by atoms with van der Waals surface area (Å²) in [5.74, 6) is 0.0754. The summed E-state index contributed by atoms with van der Waals surface area (Å²) >= 11 is 0. The van der Waals surface area contributed by atoms with Crippen molar-refractivity contribution >= 4 is 11.6 Å². The molecule has 1 aromatic heterocycles. The smallest absolute Gasteiger partial charge is 0.258 e. The molecule has 0 saturated heterocycles. The van der Waals surface area contributed by atoms with Crippen LogP contribution in [0.25, 0.3) is 0 Å². The largest absolute Gasteiger partial charge is 0.489 e. The first-order valence-corrected chi connectivity index (χ1v) is 7.01. The SMILES string of the molecule is O=C(Nc1cccc(OCc2ccc(F)cc2)c1)c1ccoc1. The topological polar surface area (TPSA) is 51.5 Å². The number of carbonyl (C=O) groups is 1. The monoisotopic (exact) mass is 311 g/mol. The molecule has 1 amide bonds. The normalized spacial score (nSPS) is 10.3. The Hall–Kier alpha value is -3.08. The first-order valence-electron chi connectivity index (χ1n) is 7.01. The standard InChI is InChI=1S/C18H14FNO3/c19-15-6-4-13(5-7-15)11-23-17-3-1-2-16(10-17)20-18(21)14-8-9-22-12-14/h1-10,12H,11H2,(H,20,21). The number of halogens is 1. The Labute approximate surface area is 132 Å². The summed E-state index contributed by atoms with van der Waals surface area (Å²) in [5, 5.41) is 2.76. The van der Waals surface area contributed by atoms with Crippen molar-refractivity contribution in [3.8, 4) is 5.75 Å². The van der Waals surface area contributed by atoms with E-state index >= 15 is 0 Å². The molecule has 5 heteroatoms. The van der Waals surface area contributed by atoms with Crippen molar-refractivity contribution in [2.75, 3.05) is 5.32 Å². The minimum absolute atomic E-state index is 0.255. The number of carbonyl (C=O) groups excluding carboxylic acids is 1. The maximum Gasteiger partial charge on any atom is 0.258 e. The summed E-state index contributed by atoms with van der Waals surface area (Å²) in [5.41, 5.74) is 1.93. The molecule has 0 aliphatic heterocycles. The molecule has 0 saturated carbocycles. The van der Waals surface area contributed by atoms with Crippen LogP contribution in [0.5, 0.6) is 5.75 Å². The van der Waals surface area contributed by atoms with Crippen LogP contribution in [0, 0.1) is 5.82 Å². The maximum absolute atomic E-state index is 12.9. The van der Waals surface area contributed by atoms with E-state index < -0.39 is 0 Å². The van der Waals surface area contributed by atoms with Gasteiger partial charge < -0.3 is 14.5 Å². The van der Waals surface area contributed by atoms with Gasteiger partial charge in [0.25, 0.3) is 5.91 Å². The van der Waals surface area contributed by atoms with E-state index in [0.29, 0.717) is 23.6 Å². The van der Waals surface area contributed by atoms with E-state index in [1.165, 1.54) is 24.7 Å². The van der Waals surface area contributed by atoms with Gasteiger partial charge in [0.15, 0.2) is 0 Å². The fraction of sp³-hybridized carbons (Fsp3) is 0.0556. The maximum atomic E-state index is 12.9. The molecule has 23 heavy (non-hydrogen) atoms. The molecule has 3 aromatic rings. The summed E-state index contributed by atoms with van der Waals surface area (Å²) in [6.07, 6.45) is 2.82. The van der Waals surface area contributed by atoms with Crippen molar-refractivity contribution in [2.24, 2.45) is 0 Å². The quantitative estimate of drug-likeness (QED) is 0.766. The minimum Gasteiger partial charge on any atom is -0.489 e. The van der Waals surface area contributed by atoms with Crippen LogP contribution < -0.4 is 10.1 Å². The molecule has 116 valence electrons. The average molecular weight is 311 g/mol. The molecular weight excluding hydrogens is 297 g/mol. The third-order valence-electron chi connectivity index (χ3n) is 3.19. The predicted octanol–water partition coefficient (Wildman–Crippen LogP) is 4.25. The average Bonchev–Trinajstić information content (AvgIpc) is 3.09. The lowest BCUT2D eigenvalue weighted by molar-refractivity contribution is 0.102. The number of anilines is 1. The van der Waals surface area contributed by atoms with E-state index in [-0.39, 0.29) is 11.7 Å². The molecule has 0 radical (unpaired) electrons. The van der Waals surface area contributed by atoms with Crippen LogP contribution in [-0.4, -0.2) is 5.91 Å². The van der Waals surface area contributed by atoms with Gasteiger partial charge in [-0.15, -0.1) is 0 Å². The molecule has 0 aliphatic carbocycles. The molecule has 3 rings (SSSR count). The second kappa shape index (κ2) is 6.79. The van der Waals surface area contributed by atoms with Crippen molar-refractivity contribution in [2.45, 2.75) is 6.61 Å². The van der Waals surface area contributed by atoms with Gasteiger partial charge in [-0.05, 0) is 35.9 Å². The zero-order chi connectivity index (χ0) is 16.1. The van der Waals surface area contributed by atoms with Gasteiger partial charge in [0.1, 0.15) is 24.4 Å². The Kier molecular flexibility index (Phi) is 4.38. The van der Waals surface area contributed by atoms with Crippen LogP contribution in [0.4, 0.5) is 10.1 Å². The zero-order valence-electron chi connectivity index (χ0n) is 12.2. The van der Waals surface area contributed by atoms with E-state index in [1.54, 1.807) is 42.5 Å². The highest BCUT2D eigenvalue weighted by atomic mass is 19.1. The number of benzene rings is 2. The Balaban J connectivity index is 1.63. The molecule has 1 heterocycles. The van der Waals surface area contributed by atoms with Crippen LogP contribution >= 0.6 is 0 Å². The highest BCUT2D eigenvalue weighted by Crippen LogP contribution is 2.19. The summed E-state index contributed by atoms with van der Waals surface area (Å²) < 4.78 is 23.4. The Morgan fingerprint density at radius 2 is 1.96 bits per heavy atom. The van der Waals surface area contributed by atoms with Crippen molar-refractivity contribution in [1.29, 1.82) is 0 Å². The molecule has 0 atom stereocenters. The van der Waals surface area contributed by atoms with Crippen LogP contribution in [0.3, 0.4) is 0 Å². The van der Waals surface area contributed by atoms with Gasteiger partial charge in [-0.3, -0.25) is 4.79 Å². The molecule has 1 N–H and O–H groups in total. The van der Waals surface area contributed by atoms with Crippen LogP contribution in [0.2, 0.25) is 0 Å². The fourth-order valence-electron chi connectivity index (χ4n) is 2.01. The predicted molar refractivity (Wildman–Crippen MR) is 83.8 cm³/mol. The van der Waals surface area contributed by atoms with E-state index in [2.05, 4.69) is 5.32 Å². The molecule has 4 nitrogen and oxygen atoms in total.